The molecule has 0 amide bonds. The predicted octanol–water partition coefficient (Wildman–Crippen LogP) is 3.66. The quantitative estimate of drug-likeness (QED) is 0.934. The van der Waals surface area contributed by atoms with Crippen molar-refractivity contribution >= 4 is 22.7 Å². The van der Waals surface area contributed by atoms with Gasteiger partial charge in [-0.3, -0.25) is 0 Å². The zero-order chi connectivity index (χ0) is 13.2. The fourth-order valence-electron chi connectivity index (χ4n) is 2.12. The first kappa shape index (κ1) is 12.7. The molecule has 19 heavy (non-hydrogen) atoms. The standard InChI is InChI=1S/C14H16N2OS2/c1-2-10-5-6-13(19-10)12-8-14(15)17-16(12)9-11-4-3-7-18-11/h3-8,12H,2,9,15H2,1H3. The number of aryl methyl sites for hydroxylation is 1. The molecule has 3 nitrogen and oxygen atoms in total. The van der Waals surface area contributed by atoms with E-state index in [0.29, 0.717) is 5.88 Å². The first-order valence-corrected chi connectivity index (χ1v) is 7.98. The number of hydrogen-bond donors (Lipinski definition) is 1. The van der Waals surface area contributed by atoms with Gasteiger partial charge in [-0.05, 0) is 30.0 Å². The van der Waals surface area contributed by atoms with Gasteiger partial charge in [-0.2, -0.15) is 0 Å². The molecule has 1 unspecified atom stereocenters. The lowest BCUT2D eigenvalue weighted by Crippen LogP contribution is -2.22. The average Bonchev–Trinajstić information content (AvgIpc) is 3.10. The van der Waals surface area contributed by atoms with Gasteiger partial charge in [-0.1, -0.05) is 13.0 Å². The van der Waals surface area contributed by atoms with E-state index in [1.54, 1.807) is 11.3 Å². The summed E-state index contributed by atoms with van der Waals surface area (Å²) in [6.07, 6.45) is 3.06. The van der Waals surface area contributed by atoms with Crippen molar-refractivity contribution < 1.29 is 4.84 Å². The second kappa shape index (κ2) is 5.36. The Morgan fingerprint density at radius 1 is 1.32 bits per heavy atom. The van der Waals surface area contributed by atoms with Gasteiger partial charge in [0.05, 0.1) is 6.54 Å². The van der Waals surface area contributed by atoms with Gasteiger partial charge < -0.3 is 10.6 Å². The lowest BCUT2D eigenvalue weighted by atomic mass is 10.2. The van der Waals surface area contributed by atoms with Crippen molar-refractivity contribution in [2.45, 2.75) is 25.9 Å². The minimum atomic E-state index is 0.132. The van der Waals surface area contributed by atoms with Crippen molar-refractivity contribution in [1.82, 2.24) is 5.06 Å². The third-order valence-corrected chi connectivity index (χ3v) is 5.23. The van der Waals surface area contributed by atoms with Gasteiger partial charge in [-0.15, -0.1) is 27.7 Å². The van der Waals surface area contributed by atoms with Crippen LogP contribution >= 0.6 is 22.7 Å². The van der Waals surface area contributed by atoms with E-state index >= 15 is 0 Å². The third-order valence-electron chi connectivity index (χ3n) is 3.07. The summed E-state index contributed by atoms with van der Waals surface area (Å²) in [5.41, 5.74) is 5.83. The molecule has 2 aromatic heterocycles. The van der Waals surface area contributed by atoms with Crippen molar-refractivity contribution in [1.29, 1.82) is 0 Å². The molecule has 3 rings (SSSR count). The van der Waals surface area contributed by atoms with E-state index in [9.17, 15) is 0 Å². The summed E-state index contributed by atoms with van der Waals surface area (Å²) in [6.45, 7) is 2.94. The first-order chi connectivity index (χ1) is 9.26. The SMILES string of the molecule is CCc1ccc(C2C=C(N)ON2Cc2cccs2)s1. The zero-order valence-corrected chi connectivity index (χ0v) is 12.3. The van der Waals surface area contributed by atoms with Crippen molar-refractivity contribution in [3.05, 3.63) is 56.2 Å². The van der Waals surface area contributed by atoms with Crippen LogP contribution in [0.4, 0.5) is 0 Å². The maximum Gasteiger partial charge on any atom is 0.207 e. The summed E-state index contributed by atoms with van der Waals surface area (Å²) in [5.74, 6) is 0.494. The van der Waals surface area contributed by atoms with E-state index in [2.05, 4.69) is 36.6 Å². The molecule has 0 bridgehead atoms. The van der Waals surface area contributed by atoms with E-state index in [1.807, 2.05) is 22.5 Å². The Balaban J connectivity index is 1.80. The molecule has 1 aliphatic heterocycles. The Kier molecular flexibility index (Phi) is 3.59. The lowest BCUT2D eigenvalue weighted by Gasteiger charge is -2.20. The van der Waals surface area contributed by atoms with Gasteiger partial charge in [0.15, 0.2) is 0 Å². The number of nitrogens with zero attached hydrogens (tertiary/aromatic N) is 1. The number of thiophene rings is 2. The summed E-state index contributed by atoms with van der Waals surface area (Å²) < 4.78 is 0. The molecule has 5 heteroatoms. The largest absolute Gasteiger partial charge is 0.387 e. The lowest BCUT2D eigenvalue weighted by molar-refractivity contribution is -0.126. The van der Waals surface area contributed by atoms with Crippen molar-refractivity contribution in [3.63, 3.8) is 0 Å². The first-order valence-electron chi connectivity index (χ1n) is 6.29. The van der Waals surface area contributed by atoms with Crippen LogP contribution in [0.25, 0.3) is 0 Å². The molecule has 2 aromatic rings. The normalized spacial score (nSPS) is 19.4. The molecular formula is C14H16N2OS2. The van der Waals surface area contributed by atoms with Gasteiger partial charge in [-0.25, -0.2) is 0 Å². The van der Waals surface area contributed by atoms with Crippen molar-refractivity contribution in [3.8, 4) is 0 Å². The Hall–Kier alpha value is -1.30. The topological polar surface area (TPSA) is 38.5 Å². The minimum absolute atomic E-state index is 0.132. The zero-order valence-electron chi connectivity index (χ0n) is 10.7. The number of nitrogens with two attached hydrogens (primary N) is 1. The highest BCUT2D eigenvalue weighted by molar-refractivity contribution is 7.12. The predicted molar refractivity (Wildman–Crippen MR) is 79.7 cm³/mol. The molecule has 100 valence electrons. The molecule has 0 aromatic carbocycles. The summed E-state index contributed by atoms with van der Waals surface area (Å²) in [5, 5.41) is 4.03. The molecule has 0 fully saturated rings. The number of hydroxylamine groups is 2. The fourth-order valence-corrected chi connectivity index (χ4v) is 3.83. The molecule has 1 aliphatic rings. The van der Waals surface area contributed by atoms with Gasteiger partial charge in [0, 0.05) is 20.7 Å². The summed E-state index contributed by atoms with van der Waals surface area (Å²) in [7, 11) is 0. The fraction of sp³-hybridized carbons (Fsp3) is 0.286. The molecular weight excluding hydrogens is 276 g/mol. The van der Waals surface area contributed by atoms with Gasteiger partial charge in [0.25, 0.3) is 0 Å². The van der Waals surface area contributed by atoms with Gasteiger partial charge in [0.2, 0.25) is 5.88 Å². The minimum Gasteiger partial charge on any atom is -0.387 e. The van der Waals surface area contributed by atoms with Crippen LogP contribution < -0.4 is 5.73 Å². The molecule has 0 radical (unpaired) electrons. The second-order valence-corrected chi connectivity index (χ2v) is 6.65. The van der Waals surface area contributed by atoms with Crippen LogP contribution in [0.15, 0.2) is 41.6 Å². The van der Waals surface area contributed by atoms with Crippen LogP contribution in [0.5, 0.6) is 0 Å². The monoisotopic (exact) mass is 292 g/mol. The van der Waals surface area contributed by atoms with Crippen LogP contribution in [0.2, 0.25) is 0 Å². The highest BCUT2D eigenvalue weighted by atomic mass is 32.1. The summed E-state index contributed by atoms with van der Waals surface area (Å²) in [6, 6.07) is 8.67. The molecule has 2 N–H and O–H groups in total. The average molecular weight is 292 g/mol. The summed E-state index contributed by atoms with van der Waals surface area (Å²) >= 11 is 3.57. The van der Waals surface area contributed by atoms with E-state index < -0.39 is 0 Å². The van der Waals surface area contributed by atoms with Gasteiger partial charge in [0.1, 0.15) is 6.04 Å². The second-order valence-electron chi connectivity index (χ2n) is 4.42. The van der Waals surface area contributed by atoms with Crippen LogP contribution in [0.3, 0.4) is 0 Å². The van der Waals surface area contributed by atoms with Crippen LogP contribution in [0, 0.1) is 0 Å². The Bertz CT molecular complexity index is 574. The summed E-state index contributed by atoms with van der Waals surface area (Å²) in [4.78, 5) is 9.59. The third kappa shape index (κ3) is 2.68. The molecule has 0 spiro atoms. The molecule has 0 saturated carbocycles. The van der Waals surface area contributed by atoms with Gasteiger partial charge >= 0.3 is 0 Å². The molecule has 3 heterocycles. The van der Waals surface area contributed by atoms with E-state index in [0.717, 1.165) is 13.0 Å². The van der Waals surface area contributed by atoms with Crippen molar-refractivity contribution in [2.75, 3.05) is 0 Å². The number of rotatable bonds is 4. The molecule has 1 atom stereocenters. The van der Waals surface area contributed by atoms with E-state index in [1.165, 1.54) is 14.6 Å². The highest BCUT2D eigenvalue weighted by Crippen LogP contribution is 2.35. The van der Waals surface area contributed by atoms with Crippen molar-refractivity contribution in [2.24, 2.45) is 5.73 Å². The molecule has 0 aliphatic carbocycles. The van der Waals surface area contributed by atoms with Crippen LogP contribution in [-0.2, 0) is 17.8 Å². The van der Waals surface area contributed by atoms with E-state index in [4.69, 9.17) is 10.6 Å². The number of hydrogen-bond acceptors (Lipinski definition) is 5. The van der Waals surface area contributed by atoms with E-state index in [-0.39, 0.29) is 6.04 Å². The molecule has 0 saturated heterocycles. The Morgan fingerprint density at radius 3 is 2.89 bits per heavy atom. The maximum atomic E-state index is 5.83. The smallest absolute Gasteiger partial charge is 0.207 e. The van der Waals surface area contributed by atoms with Crippen LogP contribution in [0.1, 0.15) is 27.6 Å². The Morgan fingerprint density at radius 2 is 2.21 bits per heavy atom. The van der Waals surface area contributed by atoms with Crippen LogP contribution in [-0.4, -0.2) is 5.06 Å². The highest BCUT2D eigenvalue weighted by Gasteiger charge is 2.28. The Labute approximate surface area is 120 Å². The maximum absolute atomic E-state index is 5.83.